The zero-order valence-electron chi connectivity index (χ0n) is 12.4. The fourth-order valence-electron chi connectivity index (χ4n) is 1.98. The third-order valence-electron chi connectivity index (χ3n) is 3.15. The summed E-state index contributed by atoms with van der Waals surface area (Å²) in [4.78, 5) is 23.2. The lowest BCUT2D eigenvalue weighted by atomic mass is 9.90. The Hall–Kier alpha value is -1.60. The van der Waals surface area contributed by atoms with E-state index in [4.69, 9.17) is 9.47 Å². The number of hydrogen-bond acceptors (Lipinski definition) is 6. The molecule has 3 atom stereocenters. The van der Waals surface area contributed by atoms with Gasteiger partial charge in [-0.25, -0.2) is 9.59 Å². The van der Waals surface area contributed by atoms with Gasteiger partial charge in [-0.05, 0) is 19.4 Å². The zero-order valence-corrected chi connectivity index (χ0v) is 12.4. The second-order valence-corrected chi connectivity index (χ2v) is 4.84. The summed E-state index contributed by atoms with van der Waals surface area (Å²) in [5.41, 5.74) is 0.230. The Morgan fingerprint density at radius 3 is 2.67 bits per heavy atom. The van der Waals surface area contributed by atoms with Crippen LogP contribution in [-0.4, -0.2) is 53.7 Å². The lowest BCUT2D eigenvalue weighted by molar-refractivity contribution is -0.139. The molecule has 1 aliphatic rings. The molecule has 3 unspecified atom stereocenters. The van der Waals surface area contributed by atoms with Gasteiger partial charge in [0.2, 0.25) is 0 Å². The predicted molar refractivity (Wildman–Crippen MR) is 74.5 cm³/mol. The number of alkyl carbamates (subject to hydrolysis) is 1. The molecule has 0 heterocycles. The molecule has 120 valence electrons. The van der Waals surface area contributed by atoms with Crippen molar-refractivity contribution in [2.75, 3.05) is 13.2 Å². The molecular formula is C14H23NO6. The van der Waals surface area contributed by atoms with E-state index in [-0.39, 0.29) is 25.2 Å². The van der Waals surface area contributed by atoms with Crippen LogP contribution in [0.5, 0.6) is 0 Å². The van der Waals surface area contributed by atoms with Gasteiger partial charge in [-0.15, -0.1) is 0 Å². The molecule has 0 aromatic rings. The van der Waals surface area contributed by atoms with Gasteiger partial charge in [0.05, 0.1) is 19.3 Å². The van der Waals surface area contributed by atoms with Crippen LogP contribution >= 0.6 is 0 Å². The summed E-state index contributed by atoms with van der Waals surface area (Å²) < 4.78 is 9.79. The lowest BCUT2D eigenvalue weighted by Gasteiger charge is -2.30. The number of amides is 1. The number of aliphatic hydroxyl groups excluding tert-OH is 2. The van der Waals surface area contributed by atoms with Crippen LogP contribution in [0.1, 0.15) is 33.1 Å². The molecule has 1 rings (SSSR count). The van der Waals surface area contributed by atoms with Crippen molar-refractivity contribution in [3.63, 3.8) is 0 Å². The second-order valence-electron chi connectivity index (χ2n) is 4.84. The van der Waals surface area contributed by atoms with Crippen LogP contribution in [0.25, 0.3) is 0 Å². The number of ether oxygens (including phenoxy) is 2. The van der Waals surface area contributed by atoms with Crippen LogP contribution in [0.15, 0.2) is 11.6 Å². The summed E-state index contributed by atoms with van der Waals surface area (Å²) in [5.74, 6) is -0.561. The lowest BCUT2D eigenvalue weighted by Crippen LogP contribution is -2.51. The minimum Gasteiger partial charge on any atom is -0.463 e. The highest BCUT2D eigenvalue weighted by molar-refractivity contribution is 5.89. The molecule has 0 spiro atoms. The van der Waals surface area contributed by atoms with E-state index in [9.17, 15) is 19.8 Å². The largest absolute Gasteiger partial charge is 0.463 e. The quantitative estimate of drug-likeness (QED) is 0.487. The summed E-state index contributed by atoms with van der Waals surface area (Å²) in [7, 11) is 0. The maximum atomic E-state index is 11.7. The standard InChI is InChI=1S/C14H23NO6/c1-3-5-6-21-14(19)15-10-7-9(13(18)20-4-2)8-11(16)12(10)17/h8,10-12,16-17H,3-7H2,1-2H3,(H,15,19). The molecule has 3 N–H and O–H groups in total. The number of nitrogens with one attached hydrogen (secondary N) is 1. The minimum absolute atomic E-state index is 0.0833. The Kier molecular flexibility index (Phi) is 7.18. The normalized spacial score (nSPS) is 25.0. The maximum absolute atomic E-state index is 11.7. The fraction of sp³-hybridized carbons (Fsp3) is 0.714. The van der Waals surface area contributed by atoms with Gasteiger partial charge in [0.25, 0.3) is 0 Å². The topological polar surface area (TPSA) is 105 Å². The van der Waals surface area contributed by atoms with Gasteiger partial charge in [-0.1, -0.05) is 13.3 Å². The first-order valence-electron chi connectivity index (χ1n) is 7.16. The van der Waals surface area contributed by atoms with Gasteiger partial charge in [-0.3, -0.25) is 0 Å². The molecule has 7 nitrogen and oxygen atoms in total. The van der Waals surface area contributed by atoms with Crippen LogP contribution in [0, 0.1) is 0 Å². The van der Waals surface area contributed by atoms with E-state index < -0.39 is 30.3 Å². The number of hydrogen-bond donors (Lipinski definition) is 3. The molecular weight excluding hydrogens is 278 g/mol. The Morgan fingerprint density at radius 1 is 1.33 bits per heavy atom. The number of aliphatic hydroxyl groups is 2. The van der Waals surface area contributed by atoms with E-state index >= 15 is 0 Å². The van der Waals surface area contributed by atoms with Gasteiger partial charge in [-0.2, -0.15) is 0 Å². The fourth-order valence-corrected chi connectivity index (χ4v) is 1.98. The first-order chi connectivity index (χ1) is 9.99. The maximum Gasteiger partial charge on any atom is 0.407 e. The van der Waals surface area contributed by atoms with Gasteiger partial charge in [0.1, 0.15) is 12.2 Å². The first kappa shape index (κ1) is 17.5. The van der Waals surface area contributed by atoms with Crippen LogP contribution in [0.3, 0.4) is 0 Å². The summed E-state index contributed by atoms with van der Waals surface area (Å²) >= 11 is 0. The average Bonchev–Trinajstić information content (AvgIpc) is 2.44. The Bertz CT molecular complexity index is 395. The molecule has 0 radical (unpaired) electrons. The first-order valence-corrected chi connectivity index (χ1v) is 7.16. The zero-order chi connectivity index (χ0) is 15.8. The molecule has 0 saturated heterocycles. The average molecular weight is 301 g/mol. The number of esters is 1. The number of unbranched alkanes of at least 4 members (excludes halogenated alkanes) is 1. The van der Waals surface area contributed by atoms with E-state index in [1.54, 1.807) is 6.92 Å². The molecule has 1 amide bonds. The van der Waals surface area contributed by atoms with E-state index in [1.165, 1.54) is 6.08 Å². The summed E-state index contributed by atoms with van der Waals surface area (Å²) in [6.45, 7) is 4.15. The number of rotatable bonds is 6. The smallest absolute Gasteiger partial charge is 0.407 e. The van der Waals surface area contributed by atoms with Gasteiger partial charge in [0, 0.05) is 12.0 Å². The highest BCUT2D eigenvalue weighted by Crippen LogP contribution is 2.21. The summed E-state index contributed by atoms with van der Waals surface area (Å²) in [6, 6.07) is -0.793. The monoisotopic (exact) mass is 301 g/mol. The van der Waals surface area contributed by atoms with Crippen molar-refractivity contribution in [2.24, 2.45) is 0 Å². The Morgan fingerprint density at radius 2 is 2.05 bits per heavy atom. The van der Waals surface area contributed by atoms with E-state index in [0.717, 1.165) is 12.8 Å². The molecule has 0 aliphatic heterocycles. The highest BCUT2D eigenvalue weighted by Gasteiger charge is 2.34. The van der Waals surface area contributed by atoms with Crippen molar-refractivity contribution in [3.05, 3.63) is 11.6 Å². The number of carbonyl (C=O) groups is 2. The van der Waals surface area contributed by atoms with Crippen molar-refractivity contribution in [2.45, 2.75) is 51.4 Å². The molecule has 0 aromatic carbocycles. The van der Waals surface area contributed by atoms with Gasteiger partial charge >= 0.3 is 12.1 Å². The second kappa shape index (κ2) is 8.63. The van der Waals surface area contributed by atoms with E-state index in [2.05, 4.69) is 5.32 Å². The van der Waals surface area contributed by atoms with E-state index in [0.29, 0.717) is 0 Å². The van der Waals surface area contributed by atoms with Crippen molar-refractivity contribution in [1.29, 1.82) is 0 Å². The summed E-state index contributed by atoms with van der Waals surface area (Å²) in [5, 5.41) is 22.1. The number of carbonyl (C=O) groups excluding carboxylic acids is 2. The predicted octanol–water partition coefficient (Wildman–Crippen LogP) is 0.496. The van der Waals surface area contributed by atoms with Crippen molar-refractivity contribution in [1.82, 2.24) is 5.32 Å². The minimum atomic E-state index is -1.24. The molecule has 0 fully saturated rings. The van der Waals surface area contributed by atoms with Crippen LogP contribution in [0.4, 0.5) is 4.79 Å². The summed E-state index contributed by atoms with van der Waals surface area (Å²) in [6.07, 6.45) is -0.125. The van der Waals surface area contributed by atoms with E-state index in [1.807, 2.05) is 6.92 Å². The molecule has 1 aliphatic carbocycles. The van der Waals surface area contributed by atoms with Crippen LogP contribution in [0.2, 0.25) is 0 Å². The van der Waals surface area contributed by atoms with Gasteiger partial charge in [0.15, 0.2) is 0 Å². The van der Waals surface area contributed by atoms with Gasteiger partial charge < -0.3 is 25.0 Å². The highest BCUT2D eigenvalue weighted by atomic mass is 16.5. The van der Waals surface area contributed by atoms with Crippen molar-refractivity contribution >= 4 is 12.1 Å². The third-order valence-corrected chi connectivity index (χ3v) is 3.15. The third kappa shape index (κ3) is 5.35. The molecule has 0 saturated carbocycles. The SMILES string of the molecule is CCCCOC(=O)NC1CC(C(=O)OCC)=CC(O)C1O. The Balaban J connectivity index is 2.60. The molecule has 0 aromatic heterocycles. The molecule has 7 heteroatoms. The van der Waals surface area contributed by atoms with Crippen LogP contribution < -0.4 is 5.32 Å². The van der Waals surface area contributed by atoms with Crippen molar-refractivity contribution < 1.29 is 29.3 Å². The molecule has 0 bridgehead atoms. The van der Waals surface area contributed by atoms with Crippen molar-refractivity contribution in [3.8, 4) is 0 Å². The van der Waals surface area contributed by atoms with Crippen LogP contribution in [-0.2, 0) is 14.3 Å². The Labute approximate surface area is 123 Å². The molecule has 21 heavy (non-hydrogen) atoms.